The molecule has 0 aliphatic rings. The summed E-state index contributed by atoms with van der Waals surface area (Å²) < 4.78 is 16.0. The van der Waals surface area contributed by atoms with Crippen molar-refractivity contribution in [2.45, 2.75) is 186 Å². The Labute approximate surface area is 288 Å². The van der Waals surface area contributed by atoms with Crippen molar-refractivity contribution in [2.75, 3.05) is 13.2 Å². The number of esters is 3. The minimum Gasteiger partial charge on any atom is -0.481 e. The van der Waals surface area contributed by atoms with E-state index in [0.29, 0.717) is 32.1 Å². The maximum Gasteiger partial charge on any atom is 0.306 e. The van der Waals surface area contributed by atoms with Crippen molar-refractivity contribution in [3.8, 4) is 0 Å². The molecule has 0 aromatic heterocycles. The number of carboxylic acid groups (broad SMARTS) is 2. The van der Waals surface area contributed by atoms with Crippen LogP contribution in [0, 0.1) is 0 Å². The Morgan fingerprint density at radius 2 is 0.771 bits per heavy atom. The molecule has 0 unspecified atom stereocenters. The molecule has 0 spiro atoms. The fraction of sp³-hybridized carbons (Fsp3) is 0.838. The van der Waals surface area contributed by atoms with Crippen LogP contribution >= 0.6 is 0 Å². The number of unbranched alkanes of at least 4 members (excludes halogenated alkanes) is 17. The molecule has 0 amide bonds. The first-order valence-electron chi connectivity index (χ1n) is 18.6. The maximum atomic E-state index is 12.5. The van der Waals surface area contributed by atoms with Gasteiger partial charge < -0.3 is 24.4 Å². The molecule has 0 radical (unpaired) electrons. The van der Waals surface area contributed by atoms with Gasteiger partial charge in [0.15, 0.2) is 6.10 Å². The van der Waals surface area contributed by atoms with E-state index in [4.69, 9.17) is 24.4 Å². The van der Waals surface area contributed by atoms with Gasteiger partial charge in [-0.2, -0.15) is 0 Å². The average molecular weight is 685 g/mol. The predicted octanol–water partition coefficient (Wildman–Crippen LogP) is 8.28. The van der Waals surface area contributed by atoms with Gasteiger partial charge in [0, 0.05) is 38.5 Å². The molecule has 11 heteroatoms. The fourth-order valence-electron chi connectivity index (χ4n) is 5.20. The molecule has 0 aliphatic carbocycles. The van der Waals surface area contributed by atoms with Crippen molar-refractivity contribution in [1.82, 2.24) is 0 Å². The van der Waals surface area contributed by atoms with Crippen molar-refractivity contribution in [1.29, 1.82) is 0 Å². The first-order valence-corrected chi connectivity index (χ1v) is 18.6. The highest BCUT2D eigenvalue weighted by atomic mass is 16.6. The zero-order valence-corrected chi connectivity index (χ0v) is 29.7. The molecule has 0 fully saturated rings. The Kier molecular flexibility index (Phi) is 30.5. The molecule has 48 heavy (non-hydrogen) atoms. The maximum absolute atomic E-state index is 12.5. The van der Waals surface area contributed by atoms with Crippen LogP contribution in [0.2, 0.25) is 0 Å². The van der Waals surface area contributed by atoms with Crippen molar-refractivity contribution < 1.29 is 53.2 Å². The van der Waals surface area contributed by atoms with Crippen LogP contribution in [0.3, 0.4) is 0 Å². The lowest BCUT2D eigenvalue weighted by Gasteiger charge is -2.18. The second kappa shape index (κ2) is 32.6. The molecule has 278 valence electrons. The highest BCUT2D eigenvalue weighted by molar-refractivity contribution is 5.83. The number of ether oxygens (including phenoxy) is 3. The van der Waals surface area contributed by atoms with Gasteiger partial charge in [0.25, 0.3) is 0 Å². The number of Topliss-reactive ketones (excluding diaryl/α,β-unsaturated/α-hetero) is 1. The highest BCUT2D eigenvalue weighted by Gasteiger charge is 2.20. The highest BCUT2D eigenvalue weighted by Crippen LogP contribution is 2.13. The molecule has 0 saturated heterocycles. The standard InChI is InChI=1S/C37H64O11/c1-2-3-4-5-6-7-8-9-12-17-22-31(38)27-28-37(45)48-32(29-46-35(43)25-20-15-10-13-18-23-33(39)40)30-47-36(44)26-21-16-11-14-19-24-34(41)42/h32H,2-30H2,1H3,(H,39,40)(H,41,42). The van der Waals surface area contributed by atoms with E-state index in [0.717, 1.165) is 57.8 Å². The van der Waals surface area contributed by atoms with E-state index < -0.39 is 36.0 Å². The molecule has 0 saturated carbocycles. The minimum atomic E-state index is -0.991. The van der Waals surface area contributed by atoms with Gasteiger partial charge in [0.1, 0.15) is 19.0 Å². The predicted molar refractivity (Wildman–Crippen MR) is 182 cm³/mol. The third-order valence-electron chi connectivity index (χ3n) is 8.12. The van der Waals surface area contributed by atoms with Crippen molar-refractivity contribution >= 4 is 35.6 Å². The Hall–Kier alpha value is -2.98. The molecule has 0 atom stereocenters. The number of hydrogen-bond acceptors (Lipinski definition) is 9. The van der Waals surface area contributed by atoms with Crippen LogP contribution in [0.1, 0.15) is 180 Å². The van der Waals surface area contributed by atoms with E-state index >= 15 is 0 Å². The SMILES string of the molecule is CCCCCCCCCCCCC(=O)CCC(=O)OC(COC(=O)CCCCCCCC(=O)O)COC(=O)CCCCCCCC(=O)O. The number of carboxylic acids is 2. The van der Waals surface area contributed by atoms with Gasteiger partial charge >= 0.3 is 29.8 Å². The summed E-state index contributed by atoms with van der Waals surface area (Å²) in [5, 5.41) is 17.4. The van der Waals surface area contributed by atoms with Gasteiger partial charge in [-0.1, -0.05) is 103 Å². The quantitative estimate of drug-likeness (QED) is 0.0374. The van der Waals surface area contributed by atoms with E-state index in [1.54, 1.807) is 0 Å². The average Bonchev–Trinajstić information content (AvgIpc) is 3.04. The number of aliphatic carboxylic acids is 2. The summed E-state index contributed by atoms with van der Waals surface area (Å²) in [4.78, 5) is 70.6. The van der Waals surface area contributed by atoms with Crippen LogP contribution in [0.25, 0.3) is 0 Å². The Morgan fingerprint density at radius 3 is 1.17 bits per heavy atom. The zero-order chi connectivity index (χ0) is 35.7. The summed E-state index contributed by atoms with van der Waals surface area (Å²) in [6.45, 7) is 1.67. The van der Waals surface area contributed by atoms with Gasteiger partial charge in [-0.05, 0) is 32.1 Å². The first kappa shape index (κ1) is 45.0. The molecular formula is C37H64O11. The summed E-state index contributed by atoms with van der Waals surface area (Å²) >= 11 is 0. The van der Waals surface area contributed by atoms with Crippen LogP contribution < -0.4 is 0 Å². The van der Waals surface area contributed by atoms with Crippen LogP contribution in [0.4, 0.5) is 0 Å². The molecule has 0 aromatic rings. The van der Waals surface area contributed by atoms with Gasteiger partial charge in [-0.15, -0.1) is 0 Å². The molecule has 2 N–H and O–H groups in total. The summed E-state index contributed by atoms with van der Waals surface area (Å²) in [5.41, 5.74) is 0. The zero-order valence-electron chi connectivity index (χ0n) is 29.7. The smallest absolute Gasteiger partial charge is 0.306 e. The Bertz CT molecular complexity index is 843. The lowest BCUT2D eigenvalue weighted by atomic mass is 10.0. The topological polar surface area (TPSA) is 171 Å². The van der Waals surface area contributed by atoms with E-state index in [1.165, 1.54) is 44.9 Å². The van der Waals surface area contributed by atoms with E-state index in [9.17, 15) is 28.8 Å². The number of carbonyl (C=O) groups is 6. The van der Waals surface area contributed by atoms with Gasteiger partial charge in [-0.25, -0.2) is 0 Å². The van der Waals surface area contributed by atoms with Crippen LogP contribution in [0.15, 0.2) is 0 Å². The van der Waals surface area contributed by atoms with Crippen LogP contribution in [0.5, 0.6) is 0 Å². The largest absolute Gasteiger partial charge is 0.481 e. The summed E-state index contributed by atoms with van der Waals surface area (Å²) in [6.07, 6.45) is 18.9. The fourth-order valence-corrected chi connectivity index (χ4v) is 5.20. The first-order chi connectivity index (χ1) is 23.1. The normalized spacial score (nSPS) is 11.0. The molecule has 0 bridgehead atoms. The van der Waals surface area contributed by atoms with E-state index in [2.05, 4.69) is 6.92 Å². The molecule has 11 nitrogen and oxygen atoms in total. The van der Waals surface area contributed by atoms with Gasteiger partial charge in [0.05, 0.1) is 6.42 Å². The van der Waals surface area contributed by atoms with Crippen molar-refractivity contribution in [2.24, 2.45) is 0 Å². The lowest BCUT2D eigenvalue weighted by Crippen LogP contribution is -2.31. The molecule has 0 aromatic carbocycles. The number of rotatable bonds is 35. The third-order valence-corrected chi connectivity index (χ3v) is 8.12. The van der Waals surface area contributed by atoms with E-state index in [-0.39, 0.29) is 57.5 Å². The molecule has 0 aliphatic heterocycles. The number of carbonyl (C=O) groups excluding carboxylic acids is 4. The summed E-state index contributed by atoms with van der Waals surface area (Å²) in [7, 11) is 0. The van der Waals surface area contributed by atoms with Gasteiger partial charge in [-0.3, -0.25) is 28.8 Å². The summed E-state index contributed by atoms with van der Waals surface area (Å²) in [6, 6.07) is 0. The number of ketones is 1. The Balaban J connectivity index is 4.47. The Morgan fingerprint density at radius 1 is 0.417 bits per heavy atom. The summed E-state index contributed by atoms with van der Waals surface area (Å²) in [5.74, 6) is -3.19. The molecule has 0 heterocycles. The van der Waals surface area contributed by atoms with E-state index in [1.807, 2.05) is 0 Å². The molecular weight excluding hydrogens is 620 g/mol. The van der Waals surface area contributed by atoms with Gasteiger partial charge in [0.2, 0.25) is 0 Å². The lowest BCUT2D eigenvalue weighted by molar-refractivity contribution is -0.167. The minimum absolute atomic E-state index is 0.00633. The molecule has 0 rings (SSSR count). The second-order valence-electron chi connectivity index (χ2n) is 12.8. The second-order valence-corrected chi connectivity index (χ2v) is 12.8. The third kappa shape index (κ3) is 32.9. The monoisotopic (exact) mass is 684 g/mol. The van der Waals surface area contributed by atoms with Crippen molar-refractivity contribution in [3.05, 3.63) is 0 Å². The van der Waals surface area contributed by atoms with Crippen LogP contribution in [-0.4, -0.2) is 65.2 Å². The number of hydrogen-bond donors (Lipinski definition) is 2. The van der Waals surface area contributed by atoms with Crippen molar-refractivity contribution in [3.63, 3.8) is 0 Å². The van der Waals surface area contributed by atoms with Crippen LogP contribution in [-0.2, 0) is 43.0 Å².